The molecule has 0 amide bonds. The maximum atomic E-state index is 12.6. The molecule has 1 N–H and O–H groups in total. The van der Waals surface area contributed by atoms with Crippen molar-refractivity contribution in [3.8, 4) is 17.0 Å². The van der Waals surface area contributed by atoms with Crippen molar-refractivity contribution in [1.29, 1.82) is 0 Å². The molecule has 0 radical (unpaired) electrons. The maximum Gasteiger partial charge on any atom is 0.451 e. The second kappa shape index (κ2) is 4.86. The molecule has 3 rings (SSSR count). The lowest BCUT2D eigenvalue weighted by Gasteiger charge is -2.06. The first-order valence-electron chi connectivity index (χ1n) is 6.10. The van der Waals surface area contributed by atoms with Gasteiger partial charge in [0, 0.05) is 11.6 Å². The normalized spacial score (nSPS) is 11.8. The molecular weight excluding hydrogens is 301 g/mol. The summed E-state index contributed by atoms with van der Waals surface area (Å²) in [6.07, 6.45) is -4.69. The van der Waals surface area contributed by atoms with Gasteiger partial charge in [-0.15, -0.1) is 0 Å². The molecule has 0 saturated heterocycles. The van der Waals surface area contributed by atoms with Gasteiger partial charge in [-0.1, -0.05) is 12.1 Å². The first-order valence-corrected chi connectivity index (χ1v) is 6.10. The average molecular weight is 310 g/mol. The Morgan fingerprint density at radius 1 is 1.23 bits per heavy atom. The van der Waals surface area contributed by atoms with Crippen molar-refractivity contribution >= 4 is 5.78 Å². The largest absolute Gasteiger partial charge is 0.496 e. The highest BCUT2D eigenvalue weighted by Crippen LogP contribution is 2.28. The van der Waals surface area contributed by atoms with E-state index in [0.29, 0.717) is 15.8 Å². The second-order valence-corrected chi connectivity index (χ2v) is 4.39. The van der Waals surface area contributed by atoms with Crippen molar-refractivity contribution in [2.24, 2.45) is 0 Å². The number of alkyl halides is 3. The summed E-state index contributed by atoms with van der Waals surface area (Å²) in [6.45, 7) is 0. The summed E-state index contributed by atoms with van der Waals surface area (Å²) in [5, 5.41) is 1.89. The van der Waals surface area contributed by atoms with E-state index in [2.05, 4.69) is 9.97 Å². The standard InChI is InChI=1S/C13H9F3N4O2/c1-22-9-5-3-2-4-7(9)8-6-10(21)20-12(17-8)18-11(19-20)13(14,15)16/h2-6H,1H3,(H,17,18,19). The molecule has 0 bridgehead atoms. The Kier molecular flexibility index (Phi) is 3.12. The van der Waals surface area contributed by atoms with Crippen molar-refractivity contribution < 1.29 is 17.9 Å². The van der Waals surface area contributed by atoms with Crippen molar-refractivity contribution in [2.45, 2.75) is 6.18 Å². The van der Waals surface area contributed by atoms with Gasteiger partial charge < -0.3 is 4.74 Å². The van der Waals surface area contributed by atoms with Gasteiger partial charge in [-0.05, 0) is 12.1 Å². The Balaban J connectivity index is 2.23. The summed E-state index contributed by atoms with van der Waals surface area (Å²) in [5.41, 5.74) is -0.0299. The third kappa shape index (κ3) is 2.30. The summed E-state index contributed by atoms with van der Waals surface area (Å²) in [4.78, 5) is 19.3. The number of aromatic amines is 1. The minimum Gasteiger partial charge on any atom is -0.496 e. The van der Waals surface area contributed by atoms with E-state index in [1.54, 1.807) is 24.3 Å². The Morgan fingerprint density at radius 2 is 1.95 bits per heavy atom. The maximum absolute atomic E-state index is 12.6. The highest BCUT2D eigenvalue weighted by atomic mass is 19.4. The number of halogens is 3. The molecule has 114 valence electrons. The molecular formula is C13H9F3N4O2. The fourth-order valence-corrected chi connectivity index (χ4v) is 2.00. The molecule has 0 atom stereocenters. The third-order valence-electron chi connectivity index (χ3n) is 2.98. The number of methoxy groups -OCH3 is 1. The molecule has 0 aliphatic rings. The fraction of sp³-hybridized carbons (Fsp3) is 0.154. The van der Waals surface area contributed by atoms with E-state index in [4.69, 9.17) is 4.74 Å². The molecule has 0 aliphatic carbocycles. The number of rotatable bonds is 2. The number of ether oxygens (including phenoxy) is 1. The topological polar surface area (TPSA) is 72.3 Å². The van der Waals surface area contributed by atoms with Gasteiger partial charge in [0.1, 0.15) is 5.75 Å². The number of hydrogen-bond donors (Lipinski definition) is 1. The summed E-state index contributed by atoms with van der Waals surface area (Å²) >= 11 is 0. The van der Waals surface area contributed by atoms with Crippen LogP contribution in [0, 0.1) is 0 Å². The van der Waals surface area contributed by atoms with Crippen molar-refractivity contribution in [2.75, 3.05) is 7.11 Å². The molecule has 22 heavy (non-hydrogen) atoms. The first-order chi connectivity index (χ1) is 10.4. The number of nitrogens with one attached hydrogen (secondary N) is 1. The zero-order valence-electron chi connectivity index (χ0n) is 11.2. The van der Waals surface area contributed by atoms with Crippen LogP contribution < -0.4 is 10.3 Å². The van der Waals surface area contributed by atoms with Gasteiger partial charge in [0.05, 0.1) is 12.8 Å². The molecule has 0 fully saturated rings. The molecule has 6 nitrogen and oxygen atoms in total. The lowest BCUT2D eigenvalue weighted by Crippen LogP contribution is -2.15. The van der Waals surface area contributed by atoms with E-state index in [0.717, 1.165) is 6.07 Å². The Hall–Kier alpha value is -2.84. The van der Waals surface area contributed by atoms with Crippen LogP contribution in [0.25, 0.3) is 17.0 Å². The van der Waals surface area contributed by atoms with Crippen molar-refractivity contribution in [3.05, 3.63) is 46.5 Å². The summed E-state index contributed by atoms with van der Waals surface area (Å²) in [5.74, 6) is -1.19. The van der Waals surface area contributed by atoms with Gasteiger partial charge in [0.15, 0.2) is 0 Å². The SMILES string of the molecule is COc1ccccc1-c1cc(=O)n2[nH]c(C(F)(F)F)nc2n1. The van der Waals surface area contributed by atoms with Gasteiger partial charge in [-0.2, -0.15) is 22.7 Å². The lowest BCUT2D eigenvalue weighted by atomic mass is 10.1. The second-order valence-electron chi connectivity index (χ2n) is 4.39. The van der Waals surface area contributed by atoms with Crippen LogP contribution in [0.3, 0.4) is 0 Å². The Morgan fingerprint density at radius 3 is 2.64 bits per heavy atom. The number of nitrogens with zero attached hydrogens (tertiary/aromatic N) is 3. The predicted octanol–water partition coefficient (Wildman–Crippen LogP) is 2.11. The summed E-state index contributed by atoms with van der Waals surface area (Å²) < 4.78 is 43.7. The molecule has 0 unspecified atom stereocenters. The van der Waals surface area contributed by atoms with Gasteiger partial charge in [-0.25, -0.2) is 4.98 Å². The number of hydrogen-bond acceptors (Lipinski definition) is 4. The van der Waals surface area contributed by atoms with Crippen molar-refractivity contribution in [3.63, 3.8) is 0 Å². The minimum absolute atomic E-state index is 0.183. The molecule has 3 aromatic rings. The Labute approximate surface area is 121 Å². The summed E-state index contributed by atoms with van der Waals surface area (Å²) in [7, 11) is 1.44. The van der Waals surface area contributed by atoms with Crippen LogP contribution in [-0.4, -0.2) is 26.7 Å². The highest BCUT2D eigenvalue weighted by molar-refractivity contribution is 5.67. The smallest absolute Gasteiger partial charge is 0.451 e. The molecule has 0 saturated carbocycles. The zero-order chi connectivity index (χ0) is 15.9. The highest BCUT2D eigenvalue weighted by Gasteiger charge is 2.35. The van der Waals surface area contributed by atoms with Crippen LogP contribution in [0.15, 0.2) is 35.1 Å². The fourth-order valence-electron chi connectivity index (χ4n) is 2.00. The van der Waals surface area contributed by atoms with Gasteiger partial charge in [0.2, 0.25) is 5.82 Å². The van der Waals surface area contributed by atoms with Crippen LogP contribution in [0.5, 0.6) is 5.75 Å². The third-order valence-corrected chi connectivity index (χ3v) is 2.98. The van der Waals surface area contributed by atoms with Gasteiger partial charge in [-0.3, -0.25) is 9.89 Å². The molecule has 1 aromatic carbocycles. The van der Waals surface area contributed by atoms with Crippen molar-refractivity contribution in [1.82, 2.24) is 19.6 Å². The van der Waals surface area contributed by atoms with Crippen LogP contribution in [0.4, 0.5) is 13.2 Å². The number of benzene rings is 1. The molecule has 2 aromatic heterocycles. The lowest BCUT2D eigenvalue weighted by molar-refractivity contribution is -0.144. The zero-order valence-corrected chi connectivity index (χ0v) is 11.2. The van der Waals surface area contributed by atoms with Crippen LogP contribution >= 0.6 is 0 Å². The molecule has 2 heterocycles. The molecule has 0 spiro atoms. The van der Waals surface area contributed by atoms with Crippen LogP contribution in [0.2, 0.25) is 0 Å². The predicted molar refractivity (Wildman–Crippen MR) is 70.6 cm³/mol. The van der Waals surface area contributed by atoms with E-state index < -0.39 is 17.6 Å². The van der Waals surface area contributed by atoms with E-state index in [9.17, 15) is 18.0 Å². The van der Waals surface area contributed by atoms with Crippen LogP contribution in [-0.2, 0) is 6.18 Å². The summed E-state index contributed by atoms with van der Waals surface area (Å²) in [6, 6.07) is 7.85. The number of aromatic nitrogens is 4. The van der Waals surface area contributed by atoms with E-state index >= 15 is 0 Å². The van der Waals surface area contributed by atoms with E-state index in [1.807, 2.05) is 5.10 Å². The van der Waals surface area contributed by atoms with Crippen LogP contribution in [0.1, 0.15) is 5.82 Å². The average Bonchev–Trinajstić information content (AvgIpc) is 2.92. The Bertz CT molecular complexity index is 898. The number of fused-ring (bicyclic) bond motifs is 1. The quantitative estimate of drug-likeness (QED) is 0.787. The molecule has 0 aliphatic heterocycles. The number of para-hydroxylation sites is 1. The monoisotopic (exact) mass is 310 g/mol. The molecule has 9 heteroatoms. The van der Waals surface area contributed by atoms with Gasteiger partial charge >= 0.3 is 6.18 Å². The van der Waals surface area contributed by atoms with E-state index in [-0.39, 0.29) is 11.5 Å². The number of H-pyrrole nitrogens is 1. The van der Waals surface area contributed by atoms with Gasteiger partial charge in [0.25, 0.3) is 11.3 Å². The van der Waals surface area contributed by atoms with E-state index in [1.165, 1.54) is 7.11 Å². The first kappa shape index (κ1) is 14.1. The minimum atomic E-state index is -4.69.